The Hall–Kier alpha value is -1.20. The molecule has 2 aromatic heterocycles. The van der Waals surface area contributed by atoms with E-state index in [-0.39, 0.29) is 36.0 Å². The number of aryl methyl sites for hydroxylation is 2. The van der Waals surface area contributed by atoms with Gasteiger partial charge in [0.05, 0.1) is 24.9 Å². The molecule has 6 nitrogen and oxygen atoms in total. The molecule has 0 aromatic carbocycles. The van der Waals surface area contributed by atoms with Crippen molar-refractivity contribution < 1.29 is 9.53 Å². The maximum absolute atomic E-state index is 12.0. The zero-order chi connectivity index (χ0) is 19.1. The van der Waals surface area contributed by atoms with Crippen LogP contribution < -0.4 is 10.6 Å². The summed E-state index contributed by atoms with van der Waals surface area (Å²) in [4.78, 5) is 24.2. The number of nitrogens with one attached hydrogen (secondary N) is 2. The zero-order valence-corrected chi connectivity index (χ0v) is 20.3. The molecule has 2 N–H and O–H groups in total. The van der Waals surface area contributed by atoms with Crippen LogP contribution in [0.5, 0.6) is 0 Å². The van der Waals surface area contributed by atoms with Crippen molar-refractivity contribution in [2.75, 3.05) is 13.2 Å². The van der Waals surface area contributed by atoms with E-state index < -0.39 is 0 Å². The Bertz CT molecular complexity index is 773. The maximum atomic E-state index is 12.0. The van der Waals surface area contributed by atoms with Gasteiger partial charge in [-0.05, 0) is 46.8 Å². The Labute approximate surface area is 185 Å². The second-order valence-electron chi connectivity index (χ2n) is 5.76. The molecule has 9 heteroatoms. The van der Waals surface area contributed by atoms with E-state index in [1.807, 2.05) is 20.8 Å². The number of nitrogens with zero attached hydrogens (tertiary/aromatic N) is 2. The van der Waals surface area contributed by atoms with E-state index in [2.05, 4.69) is 39.7 Å². The van der Waals surface area contributed by atoms with Crippen LogP contribution in [0.25, 0.3) is 0 Å². The Morgan fingerprint density at radius 2 is 2.04 bits per heavy atom. The fourth-order valence-corrected chi connectivity index (χ4v) is 4.08. The van der Waals surface area contributed by atoms with Crippen LogP contribution in [0.3, 0.4) is 0 Å². The molecule has 0 spiro atoms. The van der Waals surface area contributed by atoms with E-state index in [1.165, 1.54) is 21.1 Å². The average Bonchev–Trinajstić information content (AvgIpc) is 3.19. The van der Waals surface area contributed by atoms with Crippen LogP contribution in [-0.4, -0.2) is 30.1 Å². The SMILES string of the molecule is CCNC(=NCc1ccc(C)s1)NC(C)c1nc(C)c(C(=O)OCC)s1.I. The van der Waals surface area contributed by atoms with Crippen molar-refractivity contribution in [1.82, 2.24) is 15.6 Å². The minimum absolute atomic E-state index is 0. The number of thiophene rings is 1. The van der Waals surface area contributed by atoms with Crippen molar-refractivity contribution in [3.8, 4) is 0 Å². The summed E-state index contributed by atoms with van der Waals surface area (Å²) >= 11 is 3.12. The number of aromatic nitrogens is 1. The third kappa shape index (κ3) is 7.04. The summed E-state index contributed by atoms with van der Waals surface area (Å²) in [6.45, 7) is 11.5. The molecule has 2 rings (SSSR count). The van der Waals surface area contributed by atoms with Crippen molar-refractivity contribution in [2.24, 2.45) is 4.99 Å². The van der Waals surface area contributed by atoms with Crippen LogP contribution in [-0.2, 0) is 11.3 Å². The van der Waals surface area contributed by atoms with E-state index in [4.69, 9.17) is 4.74 Å². The predicted molar refractivity (Wildman–Crippen MR) is 124 cm³/mol. The smallest absolute Gasteiger partial charge is 0.350 e. The predicted octanol–water partition coefficient (Wildman–Crippen LogP) is 4.43. The number of thiazole rings is 1. The molecule has 0 aliphatic carbocycles. The fourth-order valence-electron chi connectivity index (χ4n) is 2.30. The minimum Gasteiger partial charge on any atom is -0.462 e. The highest BCUT2D eigenvalue weighted by atomic mass is 127. The second-order valence-corrected chi connectivity index (χ2v) is 8.16. The van der Waals surface area contributed by atoms with E-state index in [9.17, 15) is 4.79 Å². The minimum atomic E-state index is -0.311. The lowest BCUT2D eigenvalue weighted by Crippen LogP contribution is -2.38. The molecule has 0 aliphatic heterocycles. The molecule has 2 heterocycles. The number of halogens is 1. The first-order valence-corrected chi connectivity index (χ1v) is 10.3. The standard InChI is InChI=1S/C18H26N4O2S2.HI/c1-6-19-18(20-10-14-9-8-11(3)25-14)22-13(5)16-21-12(4)15(26-16)17(23)24-7-2;/h8-9,13H,6-7,10H2,1-5H3,(H2,19,20,22);1H. The van der Waals surface area contributed by atoms with Crippen LogP contribution in [0.15, 0.2) is 17.1 Å². The van der Waals surface area contributed by atoms with Crippen LogP contribution in [0.4, 0.5) is 0 Å². The number of carbonyl (C=O) groups is 1. The van der Waals surface area contributed by atoms with Crippen molar-refractivity contribution in [1.29, 1.82) is 0 Å². The van der Waals surface area contributed by atoms with E-state index in [1.54, 1.807) is 18.3 Å². The second kappa shape index (κ2) is 11.6. The third-order valence-corrected chi connectivity index (χ3v) is 5.84. The number of hydrogen-bond donors (Lipinski definition) is 2. The molecular formula is C18H27IN4O2S2. The van der Waals surface area contributed by atoms with Gasteiger partial charge < -0.3 is 15.4 Å². The lowest BCUT2D eigenvalue weighted by atomic mass is 10.3. The molecule has 0 fully saturated rings. The van der Waals surface area contributed by atoms with Gasteiger partial charge in [0.15, 0.2) is 5.96 Å². The van der Waals surface area contributed by atoms with Gasteiger partial charge in [-0.2, -0.15) is 0 Å². The highest BCUT2D eigenvalue weighted by molar-refractivity contribution is 14.0. The topological polar surface area (TPSA) is 75.6 Å². The van der Waals surface area contributed by atoms with Crippen LogP contribution >= 0.6 is 46.7 Å². The van der Waals surface area contributed by atoms with Gasteiger partial charge in [0, 0.05) is 16.3 Å². The van der Waals surface area contributed by atoms with E-state index in [0.717, 1.165) is 17.5 Å². The molecule has 0 saturated heterocycles. The van der Waals surface area contributed by atoms with Crippen molar-refractivity contribution in [3.05, 3.63) is 37.5 Å². The molecule has 1 atom stereocenters. The van der Waals surface area contributed by atoms with Gasteiger partial charge in [-0.3, -0.25) is 0 Å². The number of guanidine groups is 1. The summed E-state index contributed by atoms with van der Waals surface area (Å²) < 4.78 is 5.09. The summed E-state index contributed by atoms with van der Waals surface area (Å²) in [5.74, 6) is 0.422. The van der Waals surface area contributed by atoms with Gasteiger partial charge in [0.25, 0.3) is 0 Å². The average molecular weight is 522 g/mol. The highest BCUT2D eigenvalue weighted by Gasteiger charge is 2.20. The Morgan fingerprint density at radius 3 is 2.63 bits per heavy atom. The van der Waals surface area contributed by atoms with E-state index in [0.29, 0.717) is 23.7 Å². The van der Waals surface area contributed by atoms with E-state index >= 15 is 0 Å². The van der Waals surface area contributed by atoms with Crippen molar-refractivity contribution in [3.63, 3.8) is 0 Å². The quantitative estimate of drug-likeness (QED) is 0.244. The number of ether oxygens (including phenoxy) is 1. The van der Waals surface area contributed by atoms with Crippen molar-refractivity contribution >= 4 is 58.6 Å². The Morgan fingerprint density at radius 1 is 1.30 bits per heavy atom. The maximum Gasteiger partial charge on any atom is 0.350 e. The highest BCUT2D eigenvalue weighted by Crippen LogP contribution is 2.24. The first-order chi connectivity index (χ1) is 12.4. The van der Waals surface area contributed by atoms with Gasteiger partial charge in [-0.25, -0.2) is 14.8 Å². The zero-order valence-electron chi connectivity index (χ0n) is 16.3. The normalized spacial score (nSPS) is 12.3. The molecule has 0 bridgehead atoms. The third-order valence-electron chi connectivity index (χ3n) is 3.53. The van der Waals surface area contributed by atoms with Gasteiger partial charge in [0.1, 0.15) is 9.88 Å². The lowest BCUT2D eigenvalue weighted by molar-refractivity contribution is 0.0531. The molecule has 0 aliphatic rings. The van der Waals surface area contributed by atoms with Crippen LogP contribution in [0.1, 0.15) is 56.9 Å². The first kappa shape index (κ1) is 23.8. The number of rotatable bonds is 7. The molecule has 0 radical (unpaired) electrons. The van der Waals surface area contributed by atoms with Crippen LogP contribution in [0.2, 0.25) is 0 Å². The van der Waals surface area contributed by atoms with Gasteiger partial charge in [-0.15, -0.1) is 46.7 Å². The summed E-state index contributed by atoms with van der Waals surface area (Å²) in [5.41, 5.74) is 0.702. The molecule has 0 saturated carbocycles. The summed E-state index contributed by atoms with van der Waals surface area (Å²) in [5, 5.41) is 7.45. The molecule has 150 valence electrons. The Kier molecular flexibility index (Phi) is 10.2. The number of aliphatic imine (C=N–C) groups is 1. The Balaban J connectivity index is 0.00000364. The summed E-state index contributed by atoms with van der Waals surface area (Å²) in [7, 11) is 0. The van der Waals surface area contributed by atoms with Gasteiger partial charge in [-0.1, -0.05) is 0 Å². The summed E-state index contributed by atoms with van der Waals surface area (Å²) in [6.07, 6.45) is 0. The molecular weight excluding hydrogens is 495 g/mol. The van der Waals surface area contributed by atoms with Gasteiger partial charge >= 0.3 is 5.97 Å². The monoisotopic (exact) mass is 522 g/mol. The van der Waals surface area contributed by atoms with Crippen molar-refractivity contribution in [2.45, 2.75) is 47.2 Å². The molecule has 2 aromatic rings. The lowest BCUT2D eigenvalue weighted by Gasteiger charge is -2.15. The molecule has 0 amide bonds. The summed E-state index contributed by atoms with van der Waals surface area (Å²) in [6, 6.07) is 4.14. The number of carbonyl (C=O) groups excluding carboxylic acids is 1. The largest absolute Gasteiger partial charge is 0.462 e. The first-order valence-electron chi connectivity index (χ1n) is 8.69. The molecule has 1 unspecified atom stereocenters. The van der Waals surface area contributed by atoms with Gasteiger partial charge in [0.2, 0.25) is 0 Å². The van der Waals surface area contributed by atoms with Crippen LogP contribution in [0, 0.1) is 13.8 Å². The molecule has 27 heavy (non-hydrogen) atoms. The number of hydrogen-bond acceptors (Lipinski definition) is 6. The fraction of sp³-hybridized carbons (Fsp3) is 0.500. The number of esters is 1.